The molecular weight excluding hydrogens is 857 g/mol. The van der Waals surface area contributed by atoms with E-state index in [-0.39, 0.29) is 0 Å². The molecule has 1 aliphatic heterocycles. The zero-order valence-corrected chi connectivity index (χ0v) is 37.5. The topological polar surface area (TPSA) is 66.0 Å². The van der Waals surface area contributed by atoms with E-state index in [0.717, 1.165) is 100 Å². The molecule has 10 aromatic carbocycles. The first-order valence-electron chi connectivity index (χ1n) is 23.7. The molecule has 0 saturated carbocycles. The van der Waals surface area contributed by atoms with Crippen LogP contribution in [0.2, 0.25) is 0 Å². The van der Waals surface area contributed by atoms with Crippen molar-refractivity contribution in [2.75, 3.05) is 0 Å². The summed E-state index contributed by atoms with van der Waals surface area (Å²) in [4.78, 5) is 15.3. The average molecular weight is 895 g/mol. The zero-order valence-electron chi connectivity index (χ0n) is 37.5. The summed E-state index contributed by atoms with van der Waals surface area (Å²) >= 11 is 0. The Hall–Kier alpha value is -9.39. The standard InChI is InChI=1S/C64H38N4O2/c1-4-16-39(17-5-1)61-65-62(40-18-6-2-7-19-40)67-63(66-61)43-29-33-50-48(37-43)45-31-28-42(38-53(45)64(50)51-23-11-14-26-56(51)70-57-27-15-12-24-52(57)64)41-30-34-54-49(36-41)46-32-35-58-59(47-22-10-13-25-55(47)69-58)60(46)68(54)44-20-8-3-9-21-44/h1-38H. The Morgan fingerprint density at radius 3 is 1.66 bits per heavy atom. The fourth-order valence-corrected chi connectivity index (χ4v) is 11.5. The Labute approximate surface area is 402 Å². The molecule has 0 saturated heterocycles. The van der Waals surface area contributed by atoms with Gasteiger partial charge in [0.1, 0.15) is 22.7 Å². The molecule has 6 heteroatoms. The lowest BCUT2D eigenvalue weighted by atomic mass is 9.66. The lowest BCUT2D eigenvalue weighted by molar-refractivity contribution is 0.436. The number of nitrogens with zero attached hydrogens (tertiary/aromatic N) is 4. The van der Waals surface area contributed by atoms with E-state index in [4.69, 9.17) is 24.1 Å². The summed E-state index contributed by atoms with van der Waals surface area (Å²) in [5, 5.41) is 4.58. The molecule has 0 radical (unpaired) electrons. The number of hydrogen-bond acceptors (Lipinski definition) is 5. The van der Waals surface area contributed by atoms with Crippen LogP contribution in [-0.2, 0) is 5.41 Å². The Bertz CT molecular complexity index is 4170. The molecule has 1 aliphatic carbocycles. The van der Waals surface area contributed by atoms with Crippen molar-refractivity contribution in [3.8, 4) is 73.6 Å². The zero-order chi connectivity index (χ0) is 45.9. The minimum Gasteiger partial charge on any atom is -0.457 e. The van der Waals surface area contributed by atoms with Crippen LogP contribution in [0, 0.1) is 0 Å². The quantitative estimate of drug-likeness (QED) is 0.172. The van der Waals surface area contributed by atoms with Crippen LogP contribution in [0.15, 0.2) is 235 Å². The minimum absolute atomic E-state index is 0.617. The summed E-state index contributed by atoms with van der Waals surface area (Å²) in [7, 11) is 0. The van der Waals surface area contributed by atoms with Gasteiger partial charge in [-0.15, -0.1) is 0 Å². The highest BCUT2D eigenvalue weighted by molar-refractivity contribution is 6.24. The number of para-hydroxylation sites is 4. The fraction of sp³-hybridized carbons (Fsp3) is 0.0156. The molecular formula is C64H38N4O2. The van der Waals surface area contributed by atoms with E-state index in [1.54, 1.807) is 0 Å². The maximum atomic E-state index is 6.76. The van der Waals surface area contributed by atoms with E-state index < -0.39 is 5.41 Å². The van der Waals surface area contributed by atoms with Gasteiger partial charge in [-0.25, -0.2) is 15.0 Å². The van der Waals surface area contributed by atoms with Gasteiger partial charge in [-0.3, -0.25) is 0 Å². The maximum Gasteiger partial charge on any atom is 0.164 e. The number of rotatable bonds is 5. The second kappa shape index (κ2) is 14.8. The maximum absolute atomic E-state index is 6.76. The van der Waals surface area contributed by atoms with E-state index >= 15 is 0 Å². The highest BCUT2D eigenvalue weighted by atomic mass is 16.5. The summed E-state index contributed by atoms with van der Waals surface area (Å²) in [5.74, 6) is 3.57. The molecule has 15 rings (SSSR count). The third kappa shape index (κ3) is 5.53. The van der Waals surface area contributed by atoms with Gasteiger partial charge in [0.25, 0.3) is 0 Å². The van der Waals surface area contributed by atoms with E-state index in [1.807, 2.05) is 66.7 Å². The Balaban J connectivity index is 0.967. The van der Waals surface area contributed by atoms with Gasteiger partial charge in [0.15, 0.2) is 17.5 Å². The number of hydrogen-bond donors (Lipinski definition) is 0. The van der Waals surface area contributed by atoms with Gasteiger partial charge in [0.05, 0.1) is 21.8 Å². The van der Waals surface area contributed by atoms with Gasteiger partial charge < -0.3 is 13.7 Å². The van der Waals surface area contributed by atoms with Crippen LogP contribution in [-0.4, -0.2) is 19.5 Å². The van der Waals surface area contributed by atoms with E-state index in [2.05, 4.69) is 168 Å². The normalized spacial score (nSPS) is 13.1. The Morgan fingerprint density at radius 1 is 0.357 bits per heavy atom. The molecule has 0 atom stereocenters. The van der Waals surface area contributed by atoms with Gasteiger partial charge >= 0.3 is 0 Å². The summed E-state index contributed by atoms with van der Waals surface area (Å²) in [6, 6.07) is 81.5. The van der Waals surface area contributed by atoms with Crippen LogP contribution in [0.1, 0.15) is 22.3 Å². The number of aromatic nitrogens is 4. The third-order valence-electron chi connectivity index (χ3n) is 14.5. The molecule has 70 heavy (non-hydrogen) atoms. The van der Waals surface area contributed by atoms with E-state index in [0.29, 0.717) is 17.5 Å². The molecule has 1 spiro atoms. The van der Waals surface area contributed by atoms with Crippen LogP contribution >= 0.6 is 0 Å². The molecule has 13 aromatic rings. The summed E-state index contributed by atoms with van der Waals surface area (Å²) in [6.45, 7) is 0. The van der Waals surface area contributed by atoms with Crippen molar-refractivity contribution in [2.24, 2.45) is 0 Å². The Morgan fingerprint density at radius 2 is 0.943 bits per heavy atom. The van der Waals surface area contributed by atoms with Crippen LogP contribution < -0.4 is 4.74 Å². The van der Waals surface area contributed by atoms with Gasteiger partial charge in [-0.2, -0.15) is 0 Å². The van der Waals surface area contributed by atoms with Crippen LogP contribution in [0.3, 0.4) is 0 Å². The Kier molecular flexibility index (Phi) is 8.18. The molecule has 3 aromatic heterocycles. The van der Waals surface area contributed by atoms with E-state index in [9.17, 15) is 0 Å². The van der Waals surface area contributed by atoms with Crippen LogP contribution in [0.5, 0.6) is 11.5 Å². The molecule has 6 nitrogen and oxygen atoms in total. The van der Waals surface area contributed by atoms with Crippen molar-refractivity contribution in [1.29, 1.82) is 0 Å². The highest BCUT2D eigenvalue weighted by Crippen LogP contribution is 2.63. The summed E-state index contributed by atoms with van der Waals surface area (Å²) in [6.07, 6.45) is 0. The SMILES string of the molecule is c1ccc(-c2nc(-c3ccccc3)nc(-c3ccc4c(c3)-c3ccc(-c5ccc6c(c5)c5ccc7oc8ccccc8c7c5n6-c5ccccc5)cc3C43c4ccccc4Oc4ccccc43)n2)cc1. The van der Waals surface area contributed by atoms with Gasteiger partial charge in [0.2, 0.25) is 0 Å². The minimum atomic E-state index is -0.685. The molecule has 0 bridgehead atoms. The first-order chi connectivity index (χ1) is 34.7. The van der Waals surface area contributed by atoms with Crippen molar-refractivity contribution in [2.45, 2.75) is 5.41 Å². The van der Waals surface area contributed by atoms with Gasteiger partial charge in [0, 0.05) is 49.7 Å². The van der Waals surface area contributed by atoms with Crippen molar-refractivity contribution in [1.82, 2.24) is 19.5 Å². The molecule has 0 amide bonds. The lowest BCUT2D eigenvalue weighted by Crippen LogP contribution is -2.32. The molecule has 4 heterocycles. The number of benzene rings is 10. The summed E-state index contributed by atoms with van der Waals surface area (Å²) < 4.78 is 15.6. The molecule has 326 valence electrons. The van der Waals surface area contributed by atoms with E-state index in [1.165, 1.54) is 21.9 Å². The van der Waals surface area contributed by atoms with Crippen LogP contribution in [0.25, 0.3) is 106 Å². The fourth-order valence-electron chi connectivity index (χ4n) is 11.5. The summed E-state index contributed by atoms with van der Waals surface area (Å²) in [5.41, 5.74) is 16.4. The molecule has 2 aliphatic rings. The second-order valence-corrected chi connectivity index (χ2v) is 18.2. The van der Waals surface area contributed by atoms with Crippen LogP contribution in [0.4, 0.5) is 0 Å². The smallest absolute Gasteiger partial charge is 0.164 e. The average Bonchev–Trinajstić information content (AvgIpc) is 4.08. The number of ether oxygens (including phenoxy) is 1. The number of fused-ring (bicyclic) bond motifs is 16. The predicted octanol–water partition coefficient (Wildman–Crippen LogP) is 16.0. The van der Waals surface area contributed by atoms with Crippen molar-refractivity contribution < 1.29 is 9.15 Å². The first kappa shape index (κ1) is 38.7. The van der Waals surface area contributed by atoms with Gasteiger partial charge in [-0.1, -0.05) is 164 Å². The second-order valence-electron chi connectivity index (χ2n) is 18.2. The number of furan rings is 1. The predicted molar refractivity (Wildman–Crippen MR) is 281 cm³/mol. The lowest BCUT2D eigenvalue weighted by Gasteiger charge is -2.39. The van der Waals surface area contributed by atoms with Crippen molar-refractivity contribution >= 4 is 43.7 Å². The first-order valence-corrected chi connectivity index (χ1v) is 23.7. The monoisotopic (exact) mass is 894 g/mol. The highest BCUT2D eigenvalue weighted by Gasteiger charge is 2.51. The third-order valence-corrected chi connectivity index (χ3v) is 14.5. The molecule has 0 fully saturated rings. The molecule has 0 unspecified atom stereocenters. The van der Waals surface area contributed by atoms with Gasteiger partial charge in [-0.05, 0) is 100 Å². The largest absolute Gasteiger partial charge is 0.457 e. The van der Waals surface area contributed by atoms with Crippen molar-refractivity contribution in [3.05, 3.63) is 253 Å². The van der Waals surface area contributed by atoms with Crippen molar-refractivity contribution in [3.63, 3.8) is 0 Å². The molecule has 0 N–H and O–H groups in total.